The Labute approximate surface area is 277 Å². The normalized spacial score (nSPS) is 30.1. The van der Waals surface area contributed by atoms with Crippen molar-refractivity contribution in [2.45, 2.75) is 123 Å². The van der Waals surface area contributed by atoms with Gasteiger partial charge in [0.1, 0.15) is 23.5 Å². The van der Waals surface area contributed by atoms with Crippen molar-refractivity contribution in [3.05, 3.63) is 34.9 Å². The second-order valence-corrected chi connectivity index (χ2v) is 17.5. The standard InChI is InChI=1S/C34H51N4O8P/c1-6-24-18-34(24,47(43,44)7-2)36-29(39)27-17-25-20-38(27)30(40)28(33(3,4)5)35-31(41)45-16-11-9-8-10-13-22-14-12-15-23-19-37(21-26(22)23)32(42)46-25/h12,14-15,24-25,27-28H,6-11,13,16-21H2,1-5H3,(H,35,41)(H,36,39)(H,43,44)/t24-,25+,27-,28+,34-/m0/s1. The zero-order valence-electron chi connectivity index (χ0n) is 28.4. The number of aryl methyl sites for hydroxylation is 1. The summed E-state index contributed by atoms with van der Waals surface area (Å²) >= 11 is 0. The monoisotopic (exact) mass is 674 g/mol. The van der Waals surface area contributed by atoms with E-state index in [1.807, 2.05) is 39.8 Å². The molecule has 1 saturated heterocycles. The first-order valence-corrected chi connectivity index (χ1v) is 19.0. The van der Waals surface area contributed by atoms with Gasteiger partial charge in [-0.15, -0.1) is 0 Å². The summed E-state index contributed by atoms with van der Waals surface area (Å²) in [6, 6.07) is 4.02. The molecule has 3 aliphatic heterocycles. The smallest absolute Gasteiger partial charge is 0.410 e. The SMILES string of the molecule is CC[C@H]1C[C@]1(NC(=O)[C@@H]1C[C@@H]2CN1C(=O)[C@H](C(C)(C)C)NC(=O)OCCCCCCc1cccc3c1CN(C3)C(=O)O2)P(=O)(O)CC. The number of rotatable bonds is 5. The second-order valence-electron chi connectivity index (χ2n) is 14.6. The minimum atomic E-state index is -3.74. The topological polar surface area (TPSA) is 155 Å². The number of benzene rings is 1. The quantitative estimate of drug-likeness (QED) is 0.373. The summed E-state index contributed by atoms with van der Waals surface area (Å²) in [6.45, 7) is 9.98. The number of hydrogen-bond acceptors (Lipinski definition) is 7. The summed E-state index contributed by atoms with van der Waals surface area (Å²) in [5.74, 6) is -1.24. The van der Waals surface area contributed by atoms with Crippen molar-refractivity contribution >= 4 is 31.4 Å². The summed E-state index contributed by atoms with van der Waals surface area (Å²) < 4.78 is 24.7. The Morgan fingerprint density at radius 2 is 1.83 bits per heavy atom. The van der Waals surface area contributed by atoms with Gasteiger partial charge in [-0.3, -0.25) is 19.1 Å². The van der Waals surface area contributed by atoms with Gasteiger partial charge in [-0.1, -0.05) is 72.1 Å². The van der Waals surface area contributed by atoms with Crippen LogP contribution in [0, 0.1) is 11.3 Å². The summed E-state index contributed by atoms with van der Waals surface area (Å²) in [4.78, 5) is 68.6. The molecule has 5 rings (SSSR count). The van der Waals surface area contributed by atoms with Gasteiger partial charge in [0.05, 0.1) is 13.2 Å². The Bertz CT molecular complexity index is 1430. The van der Waals surface area contributed by atoms with Gasteiger partial charge in [0.15, 0.2) is 0 Å². The van der Waals surface area contributed by atoms with E-state index in [4.69, 9.17) is 9.47 Å². The third-order valence-electron chi connectivity index (χ3n) is 10.4. The van der Waals surface area contributed by atoms with Crippen LogP contribution in [-0.2, 0) is 43.1 Å². The number of fused-ring (bicyclic) bond motifs is 3. The molecule has 12 nitrogen and oxygen atoms in total. The van der Waals surface area contributed by atoms with Gasteiger partial charge in [0.25, 0.3) is 0 Å². The van der Waals surface area contributed by atoms with Gasteiger partial charge in [-0.25, -0.2) is 9.59 Å². The third-order valence-corrected chi connectivity index (χ3v) is 13.1. The molecule has 0 radical (unpaired) electrons. The van der Waals surface area contributed by atoms with Crippen LogP contribution in [0.25, 0.3) is 0 Å². The molecule has 1 aromatic rings. The third kappa shape index (κ3) is 7.33. The van der Waals surface area contributed by atoms with Crippen molar-refractivity contribution in [3.8, 4) is 0 Å². The van der Waals surface area contributed by atoms with Crippen LogP contribution in [0.5, 0.6) is 0 Å². The highest BCUT2D eigenvalue weighted by molar-refractivity contribution is 7.60. The lowest BCUT2D eigenvalue weighted by molar-refractivity contribution is -0.142. The molecule has 3 N–H and O–H groups in total. The van der Waals surface area contributed by atoms with E-state index in [1.165, 1.54) is 10.5 Å². The van der Waals surface area contributed by atoms with Crippen molar-refractivity contribution in [1.29, 1.82) is 0 Å². The van der Waals surface area contributed by atoms with Crippen molar-refractivity contribution < 1.29 is 38.1 Å². The number of nitrogens with one attached hydrogen (secondary N) is 2. The Hall–Kier alpha value is -3.11. The Kier molecular flexibility index (Phi) is 10.3. The number of cyclic esters (lactones) is 1. The predicted molar refractivity (Wildman–Crippen MR) is 176 cm³/mol. The van der Waals surface area contributed by atoms with Gasteiger partial charge >= 0.3 is 12.2 Å². The molecule has 4 bridgehead atoms. The maximum absolute atomic E-state index is 14.3. The minimum Gasteiger partial charge on any atom is -0.450 e. The zero-order chi connectivity index (χ0) is 34.1. The Morgan fingerprint density at radius 3 is 2.51 bits per heavy atom. The van der Waals surface area contributed by atoms with E-state index in [9.17, 15) is 28.6 Å². The largest absolute Gasteiger partial charge is 0.450 e. The van der Waals surface area contributed by atoms with Crippen LogP contribution in [0.3, 0.4) is 0 Å². The molecule has 3 heterocycles. The maximum Gasteiger partial charge on any atom is 0.410 e. The van der Waals surface area contributed by atoms with Gasteiger partial charge in [-0.05, 0) is 53.7 Å². The molecule has 0 aromatic heterocycles. The molecule has 13 heteroatoms. The summed E-state index contributed by atoms with van der Waals surface area (Å²) in [6.07, 6.45) is 3.39. The first kappa shape index (κ1) is 35.2. The van der Waals surface area contributed by atoms with E-state index >= 15 is 0 Å². The first-order chi connectivity index (χ1) is 22.2. The fourth-order valence-corrected chi connectivity index (χ4v) is 9.51. The lowest BCUT2D eigenvalue weighted by Gasteiger charge is -2.35. The molecule has 6 atom stereocenters. The van der Waals surface area contributed by atoms with Crippen molar-refractivity contribution in [1.82, 2.24) is 20.4 Å². The fourth-order valence-electron chi connectivity index (χ4n) is 7.40. The van der Waals surface area contributed by atoms with Crippen LogP contribution < -0.4 is 10.6 Å². The van der Waals surface area contributed by atoms with E-state index in [-0.39, 0.29) is 31.7 Å². The maximum atomic E-state index is 14.3. The van der Waals surface area contributed by atoms with E-state index in [1.54, 1.807) is 11.8 Å². The van der Waals surface area contributed by atoms with Crippen LogP contribution in [-0.4, -0.2) is 81.5 Å². The number of carbonyl (C=O) groups is 4. The van der Waals surface area contributed by atoms with E-state index in [0.29, 0.717) is 32.4 Å². The average molecular weight is 675 g/mol. The summed E-state index contributed by atoms with van der Waals surface area (Å²) in [7, 11) is -3.74. The molecular formula is C34H51N4O8P. The molecule has 1 saturated carbocycles. The van der Waals surface area contributed by atoms with Crippen LogP contribution in [0.15, 0.2) is 18.2 Å². The number of alkyl carbamates (subject to hydrolysis) is 1. The first-order valence-electron chi connectivity index (χ1n) is 17.1. The molecular weight excluding hydrogens is 623 g/mol. The van der Waals surface area contributed by atoms with E-state index < -0.39 is 60.3 Å². The Morgan fingerprint density at radius 1 is 1.11 bits per heavy atom. The number of ether oxygens (including phenoxy) is 2. The lowest BCUT2D eigenvalue weighted by Crippen LogP contribution is -2.58. The van der Waals surface area contributed by atoms with E-state index in [0.717, 1.165) is 36.8 Å². The molecule has 47 heavy (non-hydrogen) atoms. The predicted octanol–water partition coefficient (Wildman–Crippen LogP) is 4.90. The average Bonchev–Trinajstić information content (AvgIpc) is 3.33. The molecule has 4 amide bonds. The van der Waals surface area contributed by atoms with E-state index in [2.05, 4.69) is 16.7 Å². The molecule has 1 aromatic carbocycles. The molecule has 2 fully saturated rings. The number of hydrogen-bond donors (Lipinski definition) is 3. The van der Waals surface area contributed by atoms with Gasteiger partial charge in [-0.2, -0.15) is 0 Å². The highest BCUT2D eigenvalue weighted by atomic mass is 31.2. The minimum absolute atomic E-state index is 0.00932. The highest BCUT2D eigenvalue weighted by Crippen LogP contribution is 2.69. The molecule has 1 aliphatic carbocycles. The Balaban J connectivity index is 1.43. The molecule has 4 aliphatic rings. The summed E-state index contributed by atoms with van der Waals surface area (Å²) in [5, 5.41) is 4.38. The van der Waals surface area contributed by atoms with Crippen molar-refractivity contribution in [2.75, 3.05) is 19.3 Å². The van der Waals surface area contributed by atoms with Crippen LogP contribution in [0.2, 0.25) is 0 Å². The summed E-state index contributed by atoms with van der Waals surface area (Å²) in [5.41, 5.74) is 2.67. The molecule has 0 spiro atoms. The van der Waals surface area contributed by atoms with Gasteiger partial charge in [0.2, 0.25) is 19.2 Å². The highest BCUT2D eigenvalue weighted by Gasteiger charge is 2.65. The number of amides is 4. The molecule has 260 valence electrons. The van der Waals surface area contributed by atoms with Gasteiger partial charge in [0, 0.05) is 25.7 Å². The van der Waals surface area contributed by atoms with Gasteiger partial charge < -0.3 is 29.9 Å². The number of nitrogens with zero attached hydrogens (tertiary/aromatic N) is 2. The fraction of sp³-hybridized carbons (Fsp3) is 0.706. The van der Waals surface area contributed by atoms with Crippen LogP contribution in [0.1, 0.15) is 96.3 Å². The number of carbonyl (C=O) groups excluding carboxylic acids is 4. The van der Waals surface area contributed by atoms with Crippen LogP contribution in [0.4, 0.5) is 9.59 Å². The second kappa shape index (κ2) is 13.8. The van der Waals surface area contributed by atoms with Crippen molar-refractivity contribution in [2.24, 2.45) is 11.3 Å². The lowest BCUT2D eigenvalue weighted by atomic mass is 9.85. The van der Waals surface area contributed by atoms with Crippen molar-refractivity contribution in [3.63, 3.8) is 0 Å². The molecule has 1 unspecified atom stereocenters. The van der Waals surface area contributed by atoms with Crippen LogP contribution >= 0.6 is 7.37 Å². The zero-order valence-corrected chi connectivity index (χ0v) is 29.3.